The molecular formula is C15H19N5O2S. The maximum atomic E-state index is 12.3. The summed E-state index contributed by atoms with van der Waals surface area (Å²) in [5, 5.41) is 3.91. The number of amides is 1. The Hall–Kier alpha value is -1.93. The van der Waals surface area contributed by atoms with Crippen LogP contribution in [-0.2, 0) is 11.3 Å². The van der Waals surface area contributed by atoms with Crippen LogP contribution in [0, 0.1) is 6.92 Å². The van der Waals surface area contributed by atoms with Crippen molar-refractivity contribution in [3.05, 3.63) is 36.2 Å². The second-order valence-corrected chi connectivity index (χ2v) is 6.41. The Bertz CT molecular complexity index is 640. The van der Waals surface area contributed by atoms with Gasteiger partial charge in [-0.1, -0.05) is 5.16 Å². The first kappa shape index (κ1) is 15.9. The third-order valence-corrected chi connectivity index (χ3v) is 4.67. The molecule has 1 amide bonds. The average molecular weight is 333 g/mol. The highest BCUT2D eigenvalue weighted by Gasteiger charge is 2.22. The number of hydrogen-bond donors (Lipinski definition) is 0. The predicted molar refractivity (Wildman–Crippen MR) is 85.9 cm³/mol. The lowest BCUT2D eigenvalue weighted by molar-refractivity contribution is -0.130. The summed E-state index contributed by atoms with van der Waals surface area (Å²) in [6, 6.07) is 3.84. The molecule has 2 aromatic heterocycles. The van der Waals surface area contributed by atoms with Gasteiger partial charge in [-0.05, 0) is 12.1 Å². The standard InChI is InChI=1S/C15H19N5O2S/c1-12-17-14(18-22-12)10-19-6-8-20(9-7-19)15(21)11-23-13-2-4-16-5-3-13/h2-5H,6-11H2,1H3. The number of hydrogen-bond acceptors (Lipinski definition) is 7. The van der Waals surface area contributed by atoms with E-state index < -0.39 is 0 Å². The van der Waals surface area contributed by atoms with E-state index in [-0.39, 0.29) is 5.91 Å². The molecule has 0 saturated carbocycles. The Morgan fingerprint density at radius 3 is 2.65 bits per heavy atom. The van der Waals surface area contributed by atoms with E-state index in [1.54, 1.807) is 31.1 Å². The lowest BCUT2D eigenvalue weighted by Gasteiger charge is -2.34. The van der Waals surface area contributed by atoms with Crippen molar-refractivity contribution in [2.75, 3.05) is 31.9 Å². The Labute approximate surface area is 139 Å². The Kier molecular flexibility index (Phi) is 5.24. The lowest BCUT2D eigenvalue weighted by atomic mass is 10.3. The summed E-state index contributed by atoms with van der Waals surface area (Å²) in [5.74, 6) is 1.94. The van der Waals surface area contributed by atoms with E-state index in [9.17, 15) is 4.79 Å². The second kappa shape index (κ2) is 7.56. The highest BCUT2D eigenvalue weighted by molar-refractivity contribution is 8.00. The van der Waals surface area contributed by atoms with Gasteiger partial charge in [0, 0.05) is 50.4 Å². The van der Waals surface area contributed by atoms with Crippen LogP contribution in [-0.4, -0.2) is 62.8 Å². The van der Waals surface area contributed by atoms with Crippen molar-refractivity contribution in [2.24, 2.45) is 0 Å². The quantitative estimate of drug-likeness (QED) is 0.761. The van der Waals surface area contributed by atoms with Gasteiger partial charge < -0.3 is 9.42 Å². The monoisotopic (exact) mass is 333 g/mol. The van der Waals surface area contributed by atoms with Crippen molar-refractivity contribution >= 4 is 17.7 Å². The lowest BCUT2D eigenvalue weighted by Crippen LogP contribution is -2.48. The van der Waals surface area contributed by atoms with Gasteiger partial charge in [0.05, 0.1) is 12.3 Å². The molecule has 0 bridgehead atoms. The second-order valence-electron chi connectivity index (χ2n) is 5.36. The molecule has 0 unspecified atom stereocenters. The maximum absolute atomic E-state index is 12.3. The fourth-order valence-electron chi connectivity index (χ4n) is 2.43. The fourth-order valence-corrected chi connectivity index (χ4v) is 3.22. The van der Waals surface area contributed by atoms with Crippen LogP contribution in [0.3, 0.4) is 0 Å². The summed E-state index contributed by atoms with van der Waals surface area (Å²) in [4.78, 5) is 25.7. The van der Waals surface area contributed by atoms with Crippen LogP contribution >= 0.6 is 11.8 Å². The average Bonchev–Trinajstić information content (AvgIpc) is 2.99. The van der Waals surface area contributed by atoms with Crippen LogP contribution in [0.2, 0.25) is 0 Å². The molecule has 0 aromatic carbocycles. The number of aryl methyl sites for hydroxylation is 1. The van der Waals surface area contributed by atoms with E-state index in [1.165, 1.54) is 0 Å². The highest BCUT2D eigenvalue weighted by Crippen LogP contribution is 2.17. The molecule has 3 rings (SSSR count). The molecule has 122 valence electrons. The highest BCUT2D eigenvalue weighted by atomic mass is 32.2. The van der Waals surface area contributed by atoms with Gasteiger partial charge in [-0.15, -0.1) is 11.8 Å². The first-order chi connectivity index (χ1) is 11.2. The minimum absolute atomic E-state index is 0.182. The van der Waals surface area contributed by atoms with E-state index in [0.717, 1.165) is 31.1 Å². The van der Waals surface area contributed by atoms with Crippen molar-refractivity contribution in [1.29, 1.82) is 0 Å². The van der Waals surface area contributed by atoms with Gasteiger partial charge in [0.1, 0.15) is 0 Å². The van der Waals surface area contributed by atoms with Gasteiger partial charge in [-0.2, -0.15) is 4.98 Å². The molecular weight excluding hydrogens is 314 g/mol. The zero-order chi connectivity index (χ0) is 16.1. The zero-order valence-electron chi connectivity index (χ0n) is 13.0. The number of thioether (sulfide) groups is 1. The van der Waals surface area contributed by atoms with Crippen molar-refractivity contribution in [2.45, 2.75) is 18.4 Å². The molecule has 2 aromatic rings. The molecule has 0 aliphatic carbocycles. The number of rotatable bonds is 5. The molecule has 0 atom stereocenters. The molecule has 0 spiro atoms. The normalized spacial score (nSPS) is 15.8. The van der Waals surface area contributed by atoms with Gasteiger partial charge in [0.2, 0.25) is 11.8 Å². The van der Waals surface area contributed by atoms with Crippen LogP contribution in [0.25, 0.3) is 0 Å². The molecule has 0 radical (unpaired) electrons. The molecule has 7 nitrogen and oxygen atoms in total. The van der Waals surface area contributed by atoms with Crippen LogP contribution in [0.15, 0.2) is 33.9 Å². The van der Waals surface area contributed by atoms with Crippen molar-refractivity contribution in [1.82, 2.24) is 24.9 Å². The van der Waals surface area contributed by atoms with Crippen LogP contribution < -0.4 is 0 Å². The Balaban J connectivity index is 1.42. The third-order valence-electron chi connectivity index (χ3n) is 3.67. The van der Waals surface area contributed by atoms with Crippen LogP contribution in [0.1, 0.15) is 11.7 Å². The number of carbonyl (C=O) groups is 1. The molecule has 1 aliphatic heterocycles. The number of aromatic nitrogens is 3. The van der Waals surface area contributed by atoms with Crippen LogP contribution in [0.5, 0.6) is 0 Å². The summed E-state index contributed by atoms with van der Waals surface area (Å²) >= 11 is 1.55. The first-order valence-electron chi connectivity index (χ1n) is 7.53. The topological polar surface area (TPSA) is 75.4 Å². The van der Waals surface area contributed by atoms with Gasteiger partial charge in [0.25, 0.3) is 0 Å². The molecule has 1 saturated heterocycles. The number of piperazine rings is 1. The minimum atomic E-state index is 0.182. The number of carbonyl (C=O) groups excluding carboxylic acids is 1. The van der Waals surface area contributed by atoms with Crippen molar-refractivity contribution in [3.8, 4) is 0 Å². The summed E-state index contributed by atoms with van der Waals surface area (Å²) in [5.41, 5.74) is 0. The predicted octanol–water partition coefficient (Wildman–Crippen LogP) is 1.21. The molecule has 23 heavy (non-hydrogen) atoms. The summed E-state index contributed by atoms with van der Waals surface area (Å²) in [6.45, 7) is 5.61. The SMILES string of the molecule is Cc1nc(CN2CCN(C(=O)CSc3ccncc3)CC2)no1. The number of nitrogens with zero attached hydrogens (tertiary/aromatic N) is 5. The summed E-state index contributed by atoms with van der Waals surface area (Å²) in [6.07, 6.45) is 3.48. The van der Waals surface area contributed by atoms with Gasteiger partial charge in [0.15, 0.2) is 5.82 Å². The molecule has 3 heterocycles. The molecule has 0 N–H and O–H groups in total. The third kappa shape index (κ3) is 4.52. The summed E-state index contributed by atoms with van der Waals surface area (Å²) in [7, 11) is 0. The first-order valence-corrected chi connectivity index (χ1v) is 8.51. The maximum Gasteiger partial charge on any atom is 0.233 e. The minimum Gasteiger partial charge on any atom is -0.340 e. The number of pyridine rings is 1. The molecule has 1 aliphatic rings. The van der Waals surface area contributed by atoms with Gasteiger partial charge in [-0.25, -0.2) is 0 Å². The van der Waals surface area contributed by atoms with E-state index >= 15 is 0 Å². The van der Waals surface area contributed by atoms with E-state index in [4.69, 9.17) is 4.52 Å². The van der Waals surface area contributed by atoms with Crippen molar-refractivity contribution in [3.63, 3.8) is 0 Å². The van der Waals surface area contributed by atoms with E-state index in [1.807, 2.05) is 17.0 Å². The summed E-state index contributed by atoms with van der Waals surface area (Å²) < 4.78 is 4.98. The Morgan fingerprint density at radius 2 is 2.00 bits per heavy atom. The van der Waals surface area contributed by atoms with Crippen molar-refractivity contribution < 1.29 is 9.32 Å². The fraction of sp³-hybridized carbons (Fsp3) is 0.467. The smallest absolute Gasteiger partial charge is 0.233 e. The van der Waals surface area contributed by atoms with E-state index in [2.05, 4.69) is 20.0 Å². The van der Waals surface area contributed by atoms with Crippen LogP contribution in [0.4, 0.5) is 0 Å². The van der Waals surface area contributed by atoms with Gasteiger partial charge in [-0.3, -0.25) is 14.7 Å². The molecule has 1 fully saturated rings. The van der Waals surface area contributed by atoms with Gasteiger partial charge >= 0.3 is 0 Å². The van der Waals surface area contributed by atoms with E-state index in [0.29, 0.717) is 24.0 Å². The Morgan fingerprint density at radius 1 is 1.26 bits per heavy atom. The molecule has 8 heteroatoms. The zero-order valence-corrected chi connectivity index (χ0v) is 13.8. The largest absolute Gasteiger partial charge is 0.340 e.